The van der Waals surface area contributed by atoms with Crippen molar-refractivity contribution in [2.24, 2.45) is 16.9 Å². The predicted molar refractivity (Wildman–Crippen MR) is 167 cm³/mol. The number of nitrogens with one attached hydrogen (secondary N) is 2. The average molecular weight is 583 g/mol. The van der Waals surface area contributed by atoms with Crippen LogP contribution >= 0.6 is 0 Å². The van der Waals surface area contributed by atoms with Gasteiger partial charge in [0.05, 0.1) is 22.9 Å². The van der Waals surface area contributed by atoms with Crippen LogP contribution in [0.2, 0.25) is 0 Å². The number of anilines is 2. The van der Waals surface area contributed by atoms with Crippen molar-refractivity contribution in [2.45, 2.75) is 31.6 Å². The standard InChI is InChI=1S/C36H30N4O4/c1-3-22-14-16-23(17-15-22)38-32(41)33(42)39-37-20-36-27-10-6-4-8-25(27)29(26-9-5-7-11-28(26)36)30-31(36)35(44)40(34(30)43)24-18-12-21(2)13-19-24/h4-20,29-31H,3H2,1-2H3,(H,38,41)(H,39,42)/b37-20+. The second kappa shape index (κ2) is 10.4. The Morgan fingerprint density at radius 3 is 2.05 bits per heavy atom. The summed E-state index contributed by atoms with van der Waals surface area (Å²) < 4.78 is 0. The first-order valence-corrected chi connectivity index (χ1v) is 14.7. The Morgan fingerprint density at radius 1 is 0.818 bits per heavy atom. The van der Waals surface area contributed by atoms with E-state index in [0.717, 1.165) is 39.8 Å². The van der Waals surface area contributed by atoms with Gasteiger partial charge < -0.3 is 5.32 Å². The molecule has 1 fully saturated rings. The molecule has 2 N–H and O–H groups in total. The molecule has 2 bridgehead atoms. The summed E-state index contributed by atoms with van der Waals surface area (Å²) in [6.45, 7) is 3.98. The molecule has 218 valence electrons. The largest absolute Gasteiger partial charge is 0.329 e. The third-order valence-corrected chi connectivity index (χ3v) is 9.24. The summed E-state index contributed by atoms with van der Waals surface area (Å²) in [4.78, 5) is 55.5. The molecule has 44 heavy (non-hydrogen) atoms. The molecule has 4 aromatic rings. The van der Waals surface area contributed by atoms with E-state index in [9.17, 15) is 19.2 Å². The molecule has 2 atom stereocenters. The summed E-state index contributed by atoms with van der Waals surface area (Å²) in [7, 11) is 0. The summed E-state index contributed by atoms with van der Waals surface area (Å²) in [5.41, 5.74) is 7.98. The van der Waals surface area contributed by atoms with E-state index in [4.69, 9.17) is 0 Å². The Hall–Kier alpha value is -5.37. The van der Waals surface area contributed by atoms with Gasteiger partial charge in [-0.1, -0.05) is 85.3 Å². The van der Waals surface area contributed by atoms with Gasteiger partial charge in [-0.25, -0.2) is 10.3 Å². The lowest BCUT2D eigenvalue weighted by molar-refractivity contribution is -0.136. The van der Waals surface area contributed by atoms with Crippen molar-refractivity contribution in [3.63, 3.8) is 0 Å². The van der Waals surface area contributed by atoms with E-state index in [1.165, 1.54) is 4.90 Å². The molecule has 0 aromatic heterocycles. The number of aryl methyl sites for hydroxylation is 2. The lowest BCUT2D eigenvalue weighted by Gasteiger charge is -2.52. The second-order valence-corrected chi connectivity index (χ2v) is 11.6. The highest BCUT2D eigenvalue weighted by Crippen LogP contribution is 2.63. The molecule has 1 heterocycles. The Balaban J connectivity index is 1.28. The monoisotopic (exact) mass is 582 g/mol. The maximum atomic E-state index is 14.4. The van der Waals surface area contributed by atoms with Crippen molar-refractivity contribution in [1.82, 2.24) is 5.43 Å². The second-order valence-electron chi connectivity index (χ2n) is 11.6. The Bertz CT molecular complexity index is 1810. The van der Waals surface area contributed by atoms with Crippen LogP contribution in [0, 0.1) is 18.8 Å². The molecule has 4 amide bonds. The Labute approximate surface area is 254 Å². The average Bonchev–Trinajstić information content (AvgIpc) is 3.32. The first-order chi connectivity index (χ1) is 21.3. The van der Waals surface area contributed by atoms with Crippen LogP contribution < -0.4 is 15.6 Å². The van der Waals surface area contributed by atoms with E-state index in [1.807, 2.05) is 86.6 Å². The van der Waals surface area contributed by atoms with Crippen molar-refractivity contribution in [3.05, 3.63) is 130 Å². The topological polar surface area (TPSA) is 108 Å². The first kappa shape index (κ1) is 27.5. The van der Waals surface area contributed by atoms with Crippen LogP contribution in [-0.4, -0.2) is 29.8 Å². The fourth-order valence-corrected chi connectivity index (χ4v) is 7.25. The molecule has 3 aliphatic carbocycles. The SMILES string of the molecule is CCc1ccc(NC(=O)C(=O)N/N=C/C23c4ccccc4C(c4ccccc42)C2C(=O)N(c4ccc(C)cc4)C(=O)C23)cc1. The summed E-state index contributed by atoms with van der Waals surface area (Å²) in [6, 6.07) is 30.2. The van der Waals surface area contributed by atoms with E-state index in [1.54, 1.807) is 30.5 Å². The number of amides is 4. The van der Waals surface area contributed by atoms with Gasteiger partial charge in [-0.3, -0.25) is 19.2 Å². The van der Waals surface area contributed by atoms with Gasteiger partial charge in [0.25, 0.3) is 0 Å². The number of hydrazone groups is 1. The molecular formula is C36H30N4O4. The van der Waals surface area contributed by atoms with E-state index < -0.39 is 29.1 Å². The summed E-state index contributed by atoms with van der Waals surface area (Å²) in [5, 5.41) is 6.90. The quantitative estimate of drug-likeness (QED) is 0.152. The molecule has 1 aliphatic heterocycles. The van der Waals surface area contributed by atoms with Crippen LogP contribution in [0.1, 0.15) is 46.2 Å². The van der Waals surface area contributed by atoms with Crippen LogP contribution in [0.5, 0.6) is 0 Å². The van der Waals surface area contributed by atoms with Crippen molar-refractivity contribution in [3.8, 4) is 0 Å². The van der Waals surface area contributed by atoms with E-state index >= 15 is 0 Å². The molecule has 0 saturated carbocycles. The molecule has 8 nitrogen and oxygen atoms in total. The molecule has 0 radical (unpaired) electrons. The van der Waals surface area contributed by atoms with E-state index in [0.29, 0.717) is 11.4 Å². The van der Waals surface area contributed by atoms with Gasteiger partial charge in [0, 0.05) is 17.8 Å². The van der Waals surface area contributed by atoms with Crippen LogP contribution in [0.3, 0.4) is 0 Å². The number of imide groups is 1. The zero-order valence-electron chi connectivity index (χ0n) is 24.3. The highest BCUT2D eigenvalue weighted by molar-refractivity contribution is 6.39. The molecular weight excluding hydrogens is 552 g/mol. The summed E-state index contributed by atoms with van der Waals surface area (Å²) >= 11 is 0. The van der Waals surface area contributed by atoms with E-state index in [-0.39, 0.29) is 17.7 Å². The third kappa shape index (κ3) is 4.01. The Morgan fingerprint density at radius 2 is 1.43 bits per heavy atom. The lowest BCUT2D eigenvalue weighted by Crippen LogP contribution is -2.54. The summed E-state index contributed by atoms with van der Waals surface area (Å²) in [5.74, 6) is -4.16. The number of carbonyl (C=O) groups is 4. The molecule has 1 saturated heterocycles. The molecule has 4 aliphatic rings. The molecule has 0 spiro atoms. The minimum absolute atomic E-state index is 0.256. The number of hydrogen-bond donors (Lipinski definition) is 2. The highest BCUT2D eigenvalue weighted by atomic mass is 16.2. The zero-order chi connectivity index (χ0) is 30.6. The van der Waals surface area contributed by atoms with Crippen LogP contribution in [0.25, 0.3) is 0 Å². The van der Waals surface area contributed by atoms with Gasteiger partial charge >= 0.3 is 11.8 Å². The summed E-state index contributed by atoms with van der Waals surface area (Å²) in [6.07, 6.45) is 2.40. The minimum Gasteiger partial charge on any atom is -0.318 e. The van der Waals surface area contributed by atoms with Crippen molar-refractivity contribution < 1.29 is 19.2 Å². The van der Waals surface area contributed by atoms with Crippen LogP contribution in [0.15, 0.2) is 102 Å². The molecule has 4 aromatic carbocycles. The van der Waals surface area contributed by atoms with Crippen LogP contribution in [-0.2, 0) is 31.0 Å². The van der Waals surface area contributed by atoms with Gasteiger partial charge in [-0.15, -0.1) is 0 Å². The Kier molecular flexibility index (Phi) is 6.50. The molecule has 2 unspecified atom stereocenters. The minimum atomic E-state index is -1.15. The highest BCUT2D eigenvalue weighted by Gasteiger charge is 2.68. The number of hydrogen-bond acceptors (Lipinski definition) is 5. The third-order valence-electron chi connectivity index (χ3n) is 9.24. The first-order valence-electron chi connectivity index (χ1n) is 14.7. The predicted octanol–water partition coefficient (Wildman–Crippen LogP) is 4.85. The van der Waals surface area contributed by atoms with Crippen molar-refractivity contribution >= 4 is 41.2 Å². The van der Waals surface area contributed by atoms with E-state index in [2.05, 4.69) is 15.8 Å². The maximum absolute atomic E-state index is 14.4. The van der Waals surface area contributed by atoms with Crippen molar-refractivity contribution in [1.29, 1.82) is 0 Å². The lowest BCUT2D eigenvalue weighted by atomic mass is 9.47. The zero-order valence-corrected chi connectivity index (χ0v) is 24.3. The maximum Gasteiger partial charge on any atom is 0.329 e. The van der Waals surface area contributed by atoms with Gasteiger partial charge in [0.15, 0.2) is 0 Å². The number of benzene rings is 4. The normalized spacial score (nSPS) is 22.9. The van der Waals surface area contributed by atoms with Crippen molar-refractivity contribution in [2.75, 3.05) is 10.2 Å². The van der Waals surface area contributed by atoms with Crippen LogP contribution in [0.4, 0.5) is 11.4 Å². The smallest absolute Gasteiger partial charge is 0.318 e. The number of carbonyl (C=O) groups excluding carboxylic acids is 4. The number of rotatable bonds is 5. The van der Waals surface area contributed by atoms with Gasteiger partial charge in [-0.05, 0) is 65.4 Å². The fraction of sp³-hybridized carbons (Fsp3) is 0.194. The van der Waals surface area contributed by atoms with Gasteiger partial charge in [0.2, 0.25) is 11.8 Å². The van der Waals surface area contributed by atoms with Gasteiger partial charge in [-0.2, -0.15) is 5.10 Å². The van der Waals surface area contributed by atoms with Gasteiger partial charge in [0.1, 0.15) is 0 Å². The molecule has 8 rings (SSSR count). The molecule has 8 heteroatoms. The number of nitrogens with zero attached hydrogens (tertiary/aromatic N) is 2. The fourth-order valence-electron chi connectivity index (χ4n) is 7.25.